The van der Waals surface area contributed by atoms with E-state index in [1.165, 1.54) is 0 Å². The molecule has 0 unspecified atom stereocenters. The van der Waals surface area contributed by atoms with Gasteiger partial charge in [-0.1, -0.05) is 18.2 Å². The third kappa shape index (κ3) is 2.88. The molecule has 1 amide bonds. The van der Waals surface area contributed by atoms with Crippen LogP contribution >= 0.6 is 15.9 Å². The van der Waals surface area contributed by atoms with Gasteiger partial charge in [0.15, 0.2) is 11.5 Å². The summed E-state index contributed by atoms with van der Waals surface area (Å²) in [6.07, 6.45) is 0. The van der Waals surface area contributed by atoms with Gasteiger partial charge in [-0.05, 0) is 52.7 Å². The van der Waals surface area contributed by atoms with Gasteiger partial charge in [-0.3, -0.25) is 4.79 Å². The van der Waals surface area contributed by atoms with Gasteiger partial charge in [-0.2, -0.15) is 0 Å². The summed E-state index contributed by atoms with van der Waals surface area (Å²) in [5, 5.41) is 2.98. The lowest BCUT2D eigenvalue weighted by Gasteiger charge is -2.15. The summed E-state index contributed by atoms with van der Waals surface area (Å²) < 4.78 is 11.4. The van der Waals surface area contributed by atoms with Crippen molar-refractivity contribution in [2.75, 3.05) is 6.79 Å². The first-order valence-corrected chi connectivity index (χ1v) is 7.39. The van der Waals surface area contributed by atoms with E-state index < -0.39 is 0 Å². The van der Waals surface area contributed by atoms with Gasteiger partial charge in [-0.15, -0.1) is 0 Å². The largest absolute Gasteiger partial charge is 0.454 e. The fraction of sp³-hybridized carbons (Fsp3) is 0.188. The normalized spacial score (nSPS) is 13.8. The fourth-order valence-electron chi connectivity index (χ4n) is 2.19. The number of ether oxygens (including phenoxy) is 2. The molecule has 2 aromatic rings. The quantitative estimate of drug-likeness (QED) is 0.921. The number of hydrogen-bond acceptors (Lipinski definition) is 3. The zero-order valence-electron chi connectivity index (χ0n) is 11.4. The highest BCUT2D eigenvalue weighted by Crippen LogP contribution is 2.34. The minimum atomic E-state index is -0.126. The Morgan fingerprint density at radius 2 is 1.95 bits per heavy atom. The smallest absolute Gasteiger partial charge is 0.252 e. The lowest BCUT2D eigenvalue weighted by molar-refractivity contribution is 0.0939. The lowest BCUT2D eigenvalue weighted by Crippen LogP contribution is -2.26. The topological polar surface area (TPSA) is 47.6 Å². The van der Waals surface area contributed by atoms with Crippen LogP contribution in [-0.2, 0) is 0 Å². The molecular weight excluding hydrogens is 334 g/mol. The second kappa shape index (κ2) is 5.77. The van der Waals surface area contributed by atoms with Gasteiger partial charge < -0.3 is 14.8 Å². The van der Waals surface area contributed by atoms with Crippen LogP contribution < -0.4 is 14.8 Å². The van der Waals surface area contributed by atoms with Crippen molar-refractivity contribution in [3.8, 4) is 11.5 Å². The molecule has 1 atom stereocenters. The molecule has 0 saturated carbocycles. The van der Waals surface area contributed by atoms with Crippen LogP contribution in [0.1, 0.15) is 28.9 Å². The van der Waals surface area contributed by atoms with Crippen LogP contribution in [-0.4, -0.2) is 12.7 Å². The molecule has 0 saturated heterocycles. The Bertz CT molecular complexity index is 687. The van der Waals surface area contributed by atoms with Crippen LogP contribution in [0.25, 0.3) is 0 Å². The number of hydrogen-bond donors (Lipinski definition) is 1. The molecule has 1 aliphatic heterocycles. The van der Waals surface area contributed by atoms with E-state index in [0.717, 1.165) is 21.5 Å². The Kier molecular flexibility index (Phi) is 3.84. The van der Waals surface area contributed by atoms with Crippen molar-refractivity contribution in [2.45, 2.75) is 13.0 Å². The Morgan fingerprint density at radius 3 is 2.76 bits per heavy atom. The molecule has 3 rings (SSSR count). The maximum atomic E-state index is 12.3. The van der Waals surface area contributed by atoms with Crippen molar-refractivity contribution in [3.05, 3.63) is 58.1 Å². The Labute approximate surface area is 131 Å². The predicted molar refractivity (Wildman–Crippen MR) is 82.6 cm³/mol. The van der Waals surface area contributed by atoms with Gasteiger partial charge in [0.2, 0.25) is 6.79 Å². The Hall–Kier alpha value is -2.01. The van der Waals surface area contributed by atoms with E-state index in [9.17, 15) is 4.79 Å². The zero-order valence-corrected chi connectivity index (χ0v) is 13.0. The second-order valence-corrected chi connectivity index (χ2v) is 5.64. The van der Waals surface area contributed by atoms with Crippen molar-refractivity contribution in [3.63, 3.8) is 0 Å². The minimum absolute atomic E-state index is 0.118. The summed E-state index contributed by atoms with van der Waals surface area (Å²) in [5.41, 5.74) is 1.59. The van der Waals surface area contributed by atoms with E-state index >= 15 is 0 Å². The van der Waals surface area contributed by atoms with Gasteiger partial charge in [0.05, 0.1) is 11.6 Å². The fourth-order valence-corrected chi connectivity index (χ4v) is 2.65. The van der Waals surface area contributed by atoms with E-state index in [1.54, 1.807) is 6.07 Å². The molecule has 1 N–H and O–H groups in total. The van der Waals surface area contributed by atoms with Gasteiger partial charge in [0, 0.05) is 4.47 Å². The predicted octanol–water partition coefficient (Wildman–Crippen LogP) is 3.67. The summed E-state index contributed by atoms with van der Waals surface area (Å²) >= 11 is 3.39. The maximum absolute atomic E-state index is 12.3. The number of amides is 1. The van der Waals surface area contributed by atoms with Gasteiger partial charge in [0.25, 0.3) is 5.91 Å². The standard InChI is InChI=1S/C16H14BrNO3/c1-10(11-6-7-14-15(8-11)21-9-20-14)18-16(19)12-4-2-3-5-13(12)17/h2-8,10H,9H2,1H3,(H,18,19)/t10-/m0/s1. The van der Waals surface area contributed by atoms with Gasteiger partial charge in [-0.25, -0.2) is 0 Å². The first-order valence-electron chi connectivity index (χ1n) is 6.60. The summed E-state index contributed by atoms with van der Waals surface area (Å²) in [4.78, 5) is 12.3. The highest BCUT2D eigenvalue weighted by Gasteiger charge is 2.18. The SMILES string of the molecule is C[C@H](NC(=O)c1ccccc1Br)c1ccc2c(c1)OCO2. The van der Waals surface area contributed by atoms with Crippen LogP contribution in [0.3, 0.4) is 0 Å². The Balaban J connectivity index is 1.76. The van der Waals surface area contributed by atoms with Crippen molar-refractivity contribution in [2.24, 2.45) is 0 Å². The van der Waals surface area contributed by atoms with Crippen LogP contribution in [0.2, 0.25) is 0 Å². The average molecular weight is 348 g/mol. The number of carbonyl (C=O) groups excluding carboxylic acids is 1. The van der Waals surface area contributed by atoms with E-state index in [0.29, 0.717) is 5.56 Å². The van der Waals surface area contributed by atoms with E-state index in [4.69, 9.17) is 9.47 Å². The number of nitrogens with one attached hydrogen (secondary N) is 1. The molecule has 1 heterocycles. The van der Waals surface area contributed by atoms with Crippen molar-refractivity contribution >= 4 is 21.8 Å². The number of halogens is 1. The molecule has 4 nitrogen and oxygen atoms in total. The molecule has 0 spiro atoms. The van der Waals surface area contributed by atoms with Crippen LogP contribution in [0.4, 0.5) is 0 Å². The zero-order chi connectivity index (χ0) is 14.8. The van der Waals surface area contributed by atoms with Crippen molar-refractivity contribution < 1.29 is 14.3 Å². The first kappa shape index (κ1) is 13.9. The molecule has 21 heavy (non-hydrogen) atoms. The van der Waals surface area contributed by atoms with Crippen LogP contribution in [0, 0.1) is 0 Å². The third-order valence-corrected chi connectivity index (χ3v) is 4.05. The highest BCUT2D eigenvalue weighted by molar-refractivity contribution is 9.10. The Morgan fingerprint density at radius 1 is 1.19 bits per heavy atom. The lowest BCUT2D eigenvalue weighted by atomic mass is 10.1. The van der Waals surface area contributed by atoms with Crippen LogP contribution in [0.15, 0.2) is 46.9 Å². The first-order chi connectivity index (χ1) is 10.1. The molecule has 108 valence electrons. The summed E-state index contributed by atoms with van der Waals surface area (Å²) in [5.74, 6) is 1.34. The van der Waals surface area contributed by atoms with Crippen molar-refractivity contribution in [1.29, 1.82) is 0 Å². The highest BCUT2D eigenvalue weighted by atomic mass is 79.9. The molecule has 0 bridgehead atoms. The molecule has 0 aliphatic carbocycles. The van der Waals surface area contributed by atoms with E-state index in [1.807, 2.05) is 43.3 Å². The maximum Gasteiger partial charge on any atom is 0.252 e. The van der Waals surface area contributed by atoms with Crippen LogP contribution in [0.5, 0.6) is 11.5 Å². The molecule has 0 radical (unpaired) electrons. The minimum Gasteiger partial charge on any atom is -0.454 e. The molecule has 2 aromatic carbocycles. The van der Waals surface area contributed by atoms with E-state index in [2.05, 4.69) is 21.2 Å². The molecule has 5 heteroatoms. The summed E-state index contributed by atoms with van der Waals surface area (Å²) in [6, 6.07) is 12.9. The number of fused-ring (bicyclic) bond motifs is 1. The van der Waals surface area contributed by atoms with E-state index in [-0.39, 0.29) is 18.7 Å². The molecular formula is C16H14BrNO3. The summed E-state index contributed by atoms with van der Waals surface area (Å²) in [6.45, 7) is 2.18. The second-order valence-electron chi connectivity index (χ2n) is 4.79. The molecule has 0 aromatic heterocycles. The number of carbonyl (C=O) groups is 1. The van der Waals surface area contributed by atoms with Gasteiger partial charge >= 0.3 is 0 Å². The third-order valence-electron chi connectivity index (χ3n) is 3.36. The number of benzene rings is 2. The van der Waals surface area contributed by atoms with Crippen molar-refractivity contribution in [1.82, 2.24) is 5.32 Å². The average Bonchev–Trinajstić information content (AvgIpc) is 2.94. The summed E-state index contributed by atoms with van der Waals surface area (Å²) in [7, 11) is 0. The molecule has 0 fully saturated rings. The molecule has 1 aliphatic rings. The number of rotatable bonds is 3. The van der Waals surface area contributed by atoms with Gasteiger partial charge in [0.1, 0.15) is 0 Å². The monoisotopic (exact) mass is 347 g/mol.